The summed E-state index contributed by atoms with van der Waals surface area (Å²) in [4.78, 5) is 26.2. The van der Waals surface area contributed by atoms with Gasteiger partial charge in [-0.1, -0.05) is 0 Å². The predicted molar refractivity (Wildman–Crippen MR) is 92.4 cm³/mol. The third kappa shape index (κ3) is 2.17. The van der Waals surface area contributed by atoms with Crippen LogP contribution in [0.5, 0.6) is 0 Å². The summed E-state index contributed by atoms with van der Waals surface area (Å²) in [5, 5.41) is 7.91. The van der Waals surface area contributed by atoms with E-state index in [9.17, 15) is 0 Å². The molecule has 0 spiro atoms. The number of piperazine rings is 1. The molecule has 1 aliphatic rings. The van der Waals surface area contributed by atoms with Gasteiger partial charge >= 0.3 is 0 Å². The second-order valence-electron chi connectivity index (χ2n) is 6.03. The number of aryl methyl sites for hydroxylation is 1. The molecule has 0 bridgehead atoms. The fraction of sp³-hybridized carbons (Fsp3) is 0.333. The van der Waals surface area contributed by atoms with E-state index in [0.717, 1.165) is 60.0 Å². The van der Waals surface area contributed by atoms with Crippen molar-refractivity contribution in [1.29, 1.82) is 0 Å². The number of anilines is 2. The highest BCUT2D eigenvalue weighted by Gasteiger charge is 2.23. The molecule has 25 heavy (non-hydrogen) atoms. The van der Waals surface area contributed by atoms with Gasteiger partial charge in [-0.15, -0.1) is 0 Å². The number of H-pyrrole nitrogens is 1. The van der Waals surface area contributed by atoms with Crippen LogP contribution < -0.4 is 9.80 Å². The lowest BCUT2D eigenvalue weighted by atomic mass is 10.2. The van der Waals surface area contributed by atoms with E-state index < -0.39 is 0 Å². The summed E-state index contributed by atoms with van der Waals surface area (Å²) in [6.45, 7) is 3.39. The number of imidazole rings is 1. The van der Waals surface area contributed by atoms with E-state index >= 15 is 0 Å². The van der Waals surface area contributed by atoms with Crippen molar-refractivity contribution in [2.45, 2.75) is 0 Å². The van der Waals surface area contributed by atoms with E-state index in [0.29, 0.717) is 0 Å². The largest absolute Gasteiger partial charge is 0.352 e. The van der Waals surface area contributed by atoms with Crippen molar-refractivity contribution in [3.8, 4) is 0 Å². The van der Waals surface area contributed by atoms with Crippen molar-refractivity contribution in [1.82, 2.24) is 39.7 Å². The third-order valence-corrected chi connectivity index (χ3v) is 4.60. The quantitative estimate of drug-likeness (QED) is 0.559. The first-order valence-corrected chi connectivity index (χ1v) is 8.07. The molecule has 0 unspecified atom stereocenters. The van der Waals surface area contributed by atoms with Gasteiger partial charge in [0.15, 0.2) is 17.1 Å². The Hall–Kier alpha value is -3.30. The number of nitrogens with one attached hydrogen (secondary N) is 1. The predicted octanol–water partition coefficient (Wildman–Crippen LogP) is 0.356. The average Bonchev–Trinajstić information content (AvgIpc) is 3.28. The maximum Gasteiger partial charge on any atom is 0.182 e. The molecule has 10 nitrogen and oxygen atoms in total. The van der Waals surface area contributed by atoms with Gasteiger partial charge in [0.2, 0.25) is 0 Å². The monoisotopic (exact) mass is 336 g/mol. The number of aromatic amines is 1. The maximum atomic E-state index is 4.50. The van der Waals surface area contributed by atoms with Crippen LogP contribution in [0.25, 0.3) is 22.2 Å². The zero-order valence-corrected chi connectivity index (χ0v) is 13.7. The van der Waals surface area contributed by atoms with Crippen LogP contribution in [-0.4, -0.2) is 65.9 Å². The number of nitrogens with zero attached hydrogens (tertiary/aromatic N) is 9. The lowest BCUT2D eigenvalue weighted by Gasteiger charge is -2.36. The first kappa shape index (κ1) is 14.1. The summed E-state index contributed by atoms with van der Waals surface area (Å²) < 4.78 is 1.97. The molecule has 0 amide bonds. The first-order chi connectivity index (χ1) is 12.3. The summed E-state index contributed by atoms with van der Waals surface area (Å²) in [5.74, 6) is 1.85. The first-order valence-electron chi connectivity index (χ1n) is 8.07. The SMILES string of the molecule is Cn1cnc2ncnc(N3CCN(c4ncnc5[nH]ncc45)CC3)c21. The molecule has 0 aromatic carbocycles. The van der Waals surface area contributed by atoms with Gasteiger partial charge in [-0.2, -0.15) is 5.10 Å². The second kappa shape index (κ2) is 5.36. The van der Waals surface area contributed by atoms with Crippen molar-refractivity contribution in [2.75, 3.05) is 36.0 Å². The van der Waals surface area contributed by atoms with Gasteiger partial charge in [0.25, 0.3) is 0 Å². The van der Waals surface area contributed by atoms with Crippen molar-refractivity contribution < 1.29 is 0 Å². The molecule has 4 aromatic heterocycles. The molecule has 0 radical (unpaired) electrons. The van der Waals surface area contributed by atoms with Gasteiger partial charge in [-0.25, -0.2) is 24.9 Å². The molecule has 5 heterocycles. The Morgan fingerprint density at radius 2 is 1.60 bits per heavy atom. The van der Waals surface area contributed by atoms with E-state index in [-0.39, 0.29) is 0 Å². The number of hydrogen-bond donors (Lipinski definition) is 1. The van der Waals surface area contributed by atoms with Gasteiger partial charge in [-0.05, 0) is 0 Å². The molecule has 10 heteroatoms. The minimum Gasteiger partial charge on any atom is -0.352 e. The van der Waals surface area contributed by atoms with Crippen LogP contribution in [0.1, 0.15) is 0 Å². The molecule has 0 atom stereocenters. The fourth-order valence-corrected chi connectivity index (χ4v) is 3.34. The number of rotatable bonds is 2. The lowest BCUT2D eigenvalue weighted by Crippen LogP contribution is -2.47. The topological polar surface area (TPSA) is 105 Å². The second-order valence-corrected chi connectivity index (χ2v) is 6.03. The molecular formula is C15H16N10. The van der Waals surface area contributed by atoms with Crippen LogP contribution in [0.2, 0.25) is 0 Å². The highest BCUT2D eigenvalue weighted by molar-refractivity contribution is 5.86. The number of fused-ring (bicyclic) bond motifs is 2. The Morgan fingerprint density at radius 1 is 0.880 bits per heavy atom. The highest BCUT2D eigenvalue weighted by Crippen LogP contribution is 2.26. The number of aromatic nitrogens is 8. The van der Waals surface area contributed by atoms with E-state index in [1.165, 1.54) is 0 Å². The smallest absolute Gasteiger partial charge is 0.182 e. The van der Waals surface area contributed by atoms with Crippen LogP contribution in [0.15, 0.2) is 25.2 Å². The van der Waals surface area contributed by atoms with E-state index in [2.05, 4.69) is 44.9 Å². The summed E-state index contributed by atoms with van der Waals surface area (Å²) in [6, 6.07) is 0. The molecule has 1 fully saturated rings. The molecule has 1 saturated heterocycles. The van der Waals surface area contributed by atoms with Gasteiger partial charge in [0.1, 0.15) is 24.0 Å². The fourth-order valence-electron chi connectivity index (χ4n) is 3.34. The van der Waals surface area contributed by atoms with Crippen molar-refractivity contribution >= 4 is 33.8 Å². The van der Waals surface area contributed by atoms with Crippen LogP contribution in [0.3, 0.4) is 0 Å². The Kier molecular flexibility index (Phi) is 3.02. The minimum atomic E-state index is 0.728. The molecule has 1 aliphatic heterocycles. The Bertz CT molecular complexity index is 1040. The lowest BCUT2D eigenvalue weighted by molar-refractivity contribution is 0.643. The molecule has 4 aromatic rings. The molecule has 5 rings (SSSR count). The number of hydrogen-bond acceptors (Lipinski definition) is 8. The maximum absolute atomic E-state index is 4.50. The molecular weight excluding hydrogens is 320 g/mol. The average molecular weight is 336 g/mol. The summed E-state index contributed by atoms with van der Waals surface area (Å²) >= 11 is 0. The Morgan fingerprint density at radius 3 is 2.44 bits per heavy atom. The van der Waals surface area contributed by atoms with Gasteiger partial charge < -0.3 is 14.4 Å². The van der Waals surface area contributed by atoms with Crippen LogP contribution in [0.4, 0.5) is 11.6 Å². The van der Waals surface area contributed by atoms with E-state index in [1.54, 1.807) is 25.2 Å². The molecule has 1 N–H and O–H groups in total. The van der Waals surface area contributed by atoms with Crippen LogP contribution in [-0.2, 0) is 7.05 Å². The highest BCUT2D eigenvalue weighted by atomic mass is 15.3. The van der Waals surface area contributed by atoms with E-state index in [1.807, 2.05) is 11.6 Å². The zero-order valence-electron chi connectivity index (χ0n) is 13.7. The third-order valence-electron chi connectivity index (χ3n) is 4.60. The van der Waals surface area contributed by atoms with Crippen molar-refractivity contribution in [3.63, 3.8) is 0 Å². The van der Waals surface area contributed by atoms with Crippen molar-refractivity contribution in [3.05, 3.63) is 25.2 Å². The Labute approximate surface area is 142 Å². The van der Waals surface area contributed by atoms with E-state index in [4.69, 9.17) is 0 Å². The molecule has 126 valence electrons. The summed E-state index contributed by atoms with van der Waals surface area (Å²) in [6.07, 6.45) is 6.71. The summed E-state index contributed by atoms with van der Waals surface area (Å²) in [5.41, 5.74) is 2.46. The minimum absolute atomic E-state index is 0.728. The van der Waals surface area contributed by atoms with Gasteiger partial charge in [0.05, 0.1) is 17.9 Å². The Balaban J connectivity index is 1.43. The van der Waals surface area contributed by atoms with Crippen LogP contribution in [0, 0.1) is 0 Å². The van der Waals surface area contributed by atoms with Gasteiger partial charge in [0, 0.05) is 33.2 Å². The van der Waals surface area contributed by atoms with Crippen molar-refractivity contribution in [2.24, 2.45) is 7.05 Å². The zero-order chi connectivity index (χ0) is 16.8. The molecule has 0 saturated carbocycles. The van der Waals surface area contributed by atoms with Gasteiger partial charge in [-0.3, -0.25) is 5.10 Å². The summed E-state index contributed by atoms with van der Waals surface area (Å²) in [7, 11) is 1.97. The van der Waals surface area contributed by atoms with Crippen LogP contribution >= 0.6 is 0 Å². The standard InChI is InChI=1S/C15H16N10/c1-23-9-20-13-11(23)15(19-8-17-13)25-4-2-24(3-5-25)14-10-6-21-22-12(10)16-7-18-14/h6-9H,2-5H2,1H3,(H,16,18,21,22). The molecule has 0 aliphatic carbocycles. The normalized spacial score (nSPS) is 15.4.